The fourth-order valence-electron chi connectivity index (χ4n) is 4.19. The molecule has 3 heterocycles. The van der Waals surface area contributed by atoms with Crippen LogP contribution in [0.2, 0.25) is 0 Å². The van der Waals surface area contributed by atoms with Gasteiger partial charge >= 0.3 is 0 Å². The molecule has 3 aromatic heterocycles. The van der Waals surface area contributed by atoms with E-state index in [0.29, 0.717) is 17.8 Å². The van der Waals surface area contributed by atoms with E-state index in [9.17, 15) is 9.59 Å². The average molecular weight is 418 g/mol. The van der Waals surface area contributed by atoms with Crippen LogP contribution in [-0.4, -0.2) is 21.8 Å². The Morgan fingerprint density at radius 3 is 2.80 bits per heavy atom. The van der Waals surface area contributed by atoms with E-state index in [0.717, 1.165) is 42.3 Å². The maximum Gasteiger partial charge on any atom is 0.266 e. The molecule has 1 N–H and O–H groups in total. The summed E-state index contributed by atoms with van der Waals surface area (Å²) in [6, 6.07) is 11.8. The van der Waals surface area contributed by atoms with Gasteiger partial charge in [-0.2, -0.15) is 0 Å². The molecule has 0 saturated heterocycles. The molecular weight excluding hydrogens is 394 g/mol. The van der Waals surface area contributed by atoms with Gasteiger partial charge in [0.2, 0.25) is 0 Å². The normalized spacial score (nSPS) is 13.5. The Morgan fingerprint density at radius 2 is 1.97 bits per heavy atom. The number of nitrogens with zero attached hydrogens (tertiary/aromatic N) is 2. The molecule has 30 heavy (non-hydrogen) atoms. The first kappa shape index (κ1) is 19.0. The molecule has 5 nitrogen and oxygen atoms in total. The lowest BCUT2D eigenvalue weighted by Crippen LogP contribution is -2.27. The molecule has 0 aliphatic heterocycles. The van der Waals surface area contributed by atoms with Crippen molar-refractivity contribution < 1.29 is 4.79 Å². The molecular formula is C24H23N3O2S. The third kappa shape index (κ3) is 3.31. The molecule has 4 aromatic rings. The molecule has 0 unspecified atom stereocenters. The highest BCUT2D eigenvalue weighted by molar-refractivity contribution is 7.18. The predicted molar refractivity (Wildman–Crippen MR) is 121 cm³/mol. The SMILES string of the molecule is Cc1ccc(CCNC(=O)c2cccn3c(=O)c4c5c(sc4nc23)CCCC5)cc1. The molecule has 1 amide bonds. The molecule has 1 aromatic carbocycles. The maximum absolute atomic E-state index is 13.2. The largest absolute Gasteiger partial charge is 0.352 e. The fraction of sp³-hybridized carbons (Fsp3) is 0.292. The predicted octanol–water partition coefficient (Wildman–Crippen LogP) is 4.07. The highest BCUT2D eigenvalue weighted by Gasteiger charge is 2.22. The van der Waals surface area contributed by atoms with E-state index in [4.69, 9.17) is 4.98 Å². The molecule has 152 valence electrons. The average Bonchev–Trinajstić information content (AvgIpc) is 3.13. The molecule has 0 spiro atoms. The number of fused-ring (bicyclic) bond motifs is 4. The van der Waals surface area contributed by atoms with Gasteiger partial charge in [0.05, 0.1) is 10.9 Å². The van der Waals surface area contributed by atoms with Crippen molar-refractivity contribution in [2.24, 2.45) is 0 Å². The van der Waals surface area contributed by atoms with Crippen LogP contribution < -0.4 is 10.9 Å². The summed E-state index contributed by atoms with van der Waals surface area (Å²) < 4.78 is 1.53. The summed E-state index contributed by atoms with van der Waals surface area (Å²) in [4.78, 5) is 32.9. The monoisotopic (exact) mass is 417 g/mol. The van der Waals surface area contributed by atoms with Crippen LogP contribution in [0.4, 0.5) is 0 Å². The first-order valence-corrected chi connectivity index (χ1v) is 11.2. The van der Waals surface area contributed by atoms with Crippen LogP contribution >= 0.6 is 11.3 Å². The van der Waals surface area contributed by atoms with Crippen LogP contribution in [0.25, 0.3) is 15.9 Å². The van der Waals surface area contributed by atoms with E-state index in [1.807, 2.05) is 0 Å². The minimum Gasteiger partial charge on any atom is -0.352 e. The summed E-state index contributed by atoms with van der Waals surface area (Å²) in [6.45, 7) is 2.59. The molecule has 0 bridgehead atoms. The first-order chi connectivity index (χ1) is 14.6. The Kier molecular flexibility index (Phi) is 4.87. The number of thiophene rings is 1. The topological polar surface area (TPSA) is 63.5 Å². The van der Waals surface area contributed by atoms with Crippen molar-refractivity contribution in [1.29, 1.82) is 0 Å². The van der Waals surface area contributed by atoms with Crippen LogP contribution in [0.1, 0.15) is 44.8 Å². The summed E-state index contributed by atoms with van der Waals surface area (Å²) in [5.74, 6) is -0.201. The molecule has 0 radical (unpaired) electrons. The minimum absolute atomic E-state index is 0.0660. The van der Waals surface area contributed by atoms with E-state index in [1.54, 1.807) is 29.7 Å². The van der Waals surface area contributed by atoms with Crippen LogP contribution in [-0.2, 0) is 19.3 Å². The third-order valence-corrected chi connectivity index (χ3v) is 7.01. The molecule has 0 saturated carbocycles. The van der Waals surface area contributed by atoms with Crippen molar-refractivity contribution in [3.8, 4) is 0 Å². The van der Waals surface area contributed by atoms with Gasteiger partial charge in [-0.1, -0.05) is 29.8 Å². The van der Waals surface area contributed by atoms with Crippen molar-refractivity contribution in [1.82, 2.24) is 14.7 Å². The van der Waals surface area contributed by atoms with Crippen molar-refractivity contribution >= 4 is 33.1 Å². The van der Waals surface area contributed by atoms with Gasteiger partial charge in [-0.15, -0.1) is 11.3 Å². The number of benzene rings is 1. The van der Waals surface area contributed by atoms with Gasteiger partial charge in [-0.25, -0.2) is 4.98 Å². The van der Waals surface area contributed by atoms with E-state index < -0.39 is 0 Å². The summed E-state index contributed by atoms with van der Waals surface area (Å²) in [5.41, 5.74) is 4.37. The maximum atomic E-state index is 13.2. The van der Waals surface area contributed by atoms with Gasteiger partial charge in [0.15, 0.2) is 5.65 Å². The Bertz CT molecular complexity index is 1320. The number of rotatable bonds is 4. The van der Waals surface area contributed by atoms with Crippen LogP contribution in [0.3, 0.4) is 0 Å². The number of carbonyl (C=O) groups excluding carboxylic acids is 1. The molecule has 5 rings (SSSR count). The number of hydrogen-bond acceptors (Lipinski definition) is 4. The summed E-state index contributed by atoms with van der Waals surface area (Å²) in [7, 11) is 0. The zero-order chi connectivity index (χ0) is 20.7. The standard InChI is InChI=1S/C24H23N3O2S/c1-15-8-10-16(11-9-15)12-13-25-22(28)18-6-4-14-27-21(18)26-23-20(24(27)29)17-5-2-3-7-19(17)30-23/h4,6,8-11,14H,2-3,5,7,12-13H2,1H3,(H,25,28). The van der Waals surface area contributed by atoms with Gasteiger partial charge in [-0.3, -0.25) is 14.0 Å². The number of pyridine rings is 1. The number of hydrogen-bond donors (Lipinski definition) is 1. The molecule has 1 aliphatic carbocycles. The third-order valence-electron chi connectivity index (χ3n) is 5.82. The molecule has 1 aliphatic rings. The first-order valence-electron chi connectivity index (χ1n) is 10.4. The lowest BCUT2D eigenvalue weighted by molar-refractivity contribution is 0.0955. The number of aryl methyl sites for hydroxylation is 3. The van der Waals surface area contributed by atoms with Gasteiger partial charge in [0.25, 0.3) is 11.5 Å². The van der Waals surface area contributed by atoms with Crippen LogP contribution in [0, 0.1) is 6.92 Å². The second-order valence-electron chi connectivity index (χ2n) is 7.91. The molecule has 0 atom stereocenters. The van der Waals surface area contributed by atoms with E-state index in [-0.39, 0.29) is 11.5 Å². The molecule has 0 fully saturated rings. The van der Waals surface area contributed by atoms with Crippen molar-refractivity contribution in [3.63, 3.8) is 0 Å². The van der Waals surface area contributed by atoms with E-state index in [1.165, 1.54) is 26.0 Å². The lowest BCUT2D eigenvalue weighted by atomic mass is 9.97. The number of aromatic nitrogens is 2. The van der Waals surface area contributed by atoms with Gasteiger partial charge in [0, 0.05) is 17.6 Å². The summed E-state index contributed by atoms with van der Waals surface area (Å²) in [5, 5.41) is 3.72. The van der Waals surface area contributed by atoms with Gasteiger partial charge in [-0.05, 0) is 62.3 Å². The second-order valence-corrected chi connectivity index (χ2v) is 9.00. The smallest absolute Gasteiger partial charge is 0.266 e. The Morgan fingerprint density at radius 1 is 1.17 bits per heavy atom. The Balaban J connectivity index is 1.46. The summed E-state index contributed by atoms with van der Waals surface area (Å²) >= 11 is 1.61. The highest BCUT2D eigenvalue weighted by Crippen LogP contribution is 2.34. The summed E-state index contributed by atoms with van der Waals surface area (Å²) in [6.07, 6.45) is 6.70. The van der Waals surface area contributed by atoms with Crippen LogP contribution in [0.5, 0.6) is 0 Å². The Hall–Kier alpha value is -2.99. The van der Waals surface area contributed by atoms with Crippen LogP contribution in [0.15, 0.2) is 47.4 Å². The van der Waals surface area contributed by atoms with Crippen molar-refractivity contribution in [2.75, 3.05) is 6.54 Å². The Labute approximate surface area is 178 Å². The van der Waals surface area contributed by atoms with E-state index >= 15 is 0 Å². The zero-order valence-corrected chi connectivity index (χ0v) is 17.7. The number of nitrogens with one attached hydrogen (secondary N) is 1. The lowest BCUT2D eigenvalue weighted by Gasteiger charge is -2.11. The highest BCUT2D eigenvalue weighted by atomic mass is 32.1. The van der Waals surface area contributed by atoms with E-state index in [2.05, 4.69) is 36.5 Å². The van der Waals surface area contributed by atoms with Gasteiger partial charge in [0.1, 0.15) is 4.83 Å². The minimum atomic E-state index is -0.201. The second kappa shape index (κ2) is 7.69. The zero-order valence-electron chi connectivity index (χ0n) is 16.9. The fourth-order valence-corrected chi connectivity index (χ4v) is 5.44. The van der Waals surface area contributed by atoms with Gasteiger partial charge < -0.3 is 5.32 Å². The number of carbonyl (C=O) groups is 1. The molecule has 6 heteroatoms. The number of amides is 1. The van der Waals surface area contributed by atoms with Crippen molar-refractivity contribution in [3.05, 3.63) is 80.1 Å². The van der Waals surface area contributed by atoms with Crippen molar-refractivity contribution in [2.45, 2.75) is 39.0 Å². The quantitative estimate of drug-likeness (QED) is 0.544.